The van der Waals surface area contributed by atoms with Gasteiger partial charge < -0.3 is 15.4 Å². The Bertz CT molecular complexity index is 250. The molecule has 0 radical (unpaired) electrons. The first-order valence-corrected chi connectivity index (χ1v) is 7.26. The fraction of sp³-hybridized carbons (Fsp3) is 0.929. The molecule has 1 rings (SSSR count). The lowest BCUT2D eigenvalue weighted by atomic mass is 9.96. The maximum Gasteiger partial charge on any atom is 0.225 e. The number of carbonyl (C=O) groups excluding carboxylic acids is 1. The van der Waals surface area contributed by atoms with Gasteiger partial charge in [0.25, 0.3) is 0 Å². The second-order valence-electron chi connectivity index (χ2n) is 5.33. The number of morpholine rings is 1. The van der Waals surface area contributed by atoms with E-state index in [-0.39, 0.29) is 18.1 Å². The minimum atomic E-state index is -0.0172. The molecule has 106 valence electrons. The number of hydrogen-bond donors (Lipinski definition) is 1. The number of ether oxygens (including phenoxy) is 1. The zero-order valence-electron chi connectivity index (χ0n) is 12.0. The van der Waals surface area contributed by atoms with Gasteiger partial charge in [0.05, 0.1) is 12.7 Å². The molecule has 1 heterocycles. The van der Waals surface area contributed by atoms with Crippen molar-refractivity contribution >= 4 is 5.91 Å². The maximum atomic E-state index is 12.5. The molecule has 0 spiro atoms. The standard InChI is InChI=1S/C14H28N2O2/c1-4-6-12(7-5-2)14(17)16-8-9-18-13(10-16)11(3)15/h11-13H,4-10,15H2,1-3H3. The summed E-state index contributed by atoms with van der Waals surface area (Å²) >= 11 is 0. The van der Waals surface area contributed by atoms with Gasteiger partial charge in [0.1, 0.15) is 0 Å². The van der Waals surface area contributed by atoms with Crippen LogP contribution < -0.4 is 5.73 Å². The van der Waals surface area contributed by atoms with E-state index in [1.165, 1.54) is 0 Å². The van der Waals surface area contributed by atoms with Crippen LogP contribution in [-0.2, 0) is 9.53 Å². The van der Waals surface area contributed by atoms with Crippen molar-refractivity contribution in [3.8, 4) is 0 Å². The highest BCUT2D eigenvalue weighted by molar-refractivity contribution is 5.79. The summed E-state index contributed by atoms with van der Waals surface area (Å²) in [5, 5.41) is 0. The Morgan fingerprint density at radius 3 is 2.50 bits per heavy atom. The average Bonchev–Trinajstić information content (AvgIpc) is 2.38. The number of nitrogens with zero attached hydrogens (tertiary/aromatic N) is 1. The molecule has 4 heteroatoms. The van der Waals surface area contributed by atoms with Gasteiger partial charge in [-0.1, -0.05) is 26.7 Å². The fourth-order valence-electron chi connectivity index (χ4n) is 2.54. The van der Waals surface area contributed by atoms with Crippen LogP contribution >= 0.6 is 0 Å². The van der Waals surface area contributed by atoms with Gasteiger partial charge in [0.2, 0.25) is 5.91 Å². The van der Waals surface area contributed by atoms with E-state index < -0.39 is 0 Å². The first-order chi connectivity index (χ1) is 8.60. The predicted molar refractivity (Wildman–Crippen MR) is 73.3 cm³/mol. The predicted octanol–water partition coefficient (Wildman–Crippen LogP) is 1.78. The van der Waals surface area contributed by atoms with Crippen molar-refractivity contribution in [1.82, 2.24) is 4.90 Å². The third-order valence-electron chi connectivity index (χ3n) is 3.62. The highest BCUT2D eigenvalue weighted by Crippen LogP contribution is 2.19. The van der Waals surface area contributed by atoms with Gasteiger partial charge in [-0.3, -0.25) is 4.79 Å². The third-order valence-corrected chi connectivity index (χ3v) is 3.62. The van der Waals surface area contributed by atoms with Gasteiger partial charge >= 0.3 is 0 Å². The van der Waals surface area contributed by atoms with Gasteiger partial charge in [-0.2, -0.15) is 0 Å². The number of hydrogen-bond acceptors (Lipinski definition) is 3. The second kappa shape index (κ2) is 7.74. The van der Waals surface area contributed by atoms with Crippen molar-refractivity contribution in [2.45, 2.75) is 58.6 Å². The summed E-state index contributed by atoms with van der Waals surface area (Å²) in [5.41, 5.74) is 5.86. The summed E-state index contributed by atoms with van der Waals surface area (Å²) in [6.07, 6.45) is 4.11. The summed E-state index contributed by atoms with van der Waals surface area (Å²) in [6.45, 7) is 8.20. The molecule has 1 amide bonds. The van der Waals surface area contributed by atoms with Crippen molar-refractivity contribution in [2.75, 3.05) is 19.7 Å². The Labute approximate surface area is 111 Å². The highest BCUT2D eigenvalue weighted by atomic mass is 16.5. The van der Waals surface area contributed by atoms with Crippen LogP contribution in [0.25, 0.3) is 0 Å². The Hall–Kier alpha value is -0.610. The number of rotatable bonds is 6. The largest absolute Gasteiger partial charge is 0.373 e. The quantitative estimate of drug-likeness (QED) is 0.788. The molecule has 1 fully saturated rings. The van der Waals surface area contributed by atoms with Crippen LogP contribution in [0.4, 0.5) is 0 Å². The number of carbonyl (C=O) groups is 1. The van der Waals surface area contributed by atoms with E-state index in [2.05, 4.69) is 13.8 Å². The summed E-state index contributed by atoms with van der Waals surface area (Å²) in [6, 6.07) is -0.0172. The lowest BCUT2D eigenvalue weighted by Gasteiger charge is -2.36. The molecule has 0 aromatic rings. The third kappa shape index (κ3) is 4.25. The molecule has 0 aromatic carbocycles. The van der Waals surface area contributed by atoms with Gasteiger partial charge in [-0.15, -0.1) is 0 Å². The molecule has 0 aliphatic carbocycles. The summed E-state index contributed by atoms with van der Waals surface area (Å²) in [4.78, 5) is 14.4. The van der Waals surface area contributed by atoms with E-state index in [0.29, 0.717) is 25.6 Å². The molecule has 1 saturated heterocycles. The maximum absolute atomic E-state index is 12.5. The van der Waals surface area contributed by atoms with Crippen LogP contribution in [-0.4, -0.2) is 42.6 Å². The zero-order valence-corrected chi connectivity index (χ0v) is 12.0. The minimum Gasteiger partial charge on any atom is -0.373 e. The summed E-state index contributed by atoms with van der Waals surface area (Å²) in [5.74, 6) is 0.486. The lowest BCUT2D eigenvalue weighted by Crippen LogP contribution is -2.52. The molecule has 0 bridgehead atoms. The van der Waals surface area contributed by atoms with E-state index in [4.69, 9.17) is 10.5 Å². The molecule has 2 N–H and O–H groups in total. The van der Waals surface area contributed by atoms with Crippen molar-refractivity contribution in [3.63, 3.8) is 0 Å². The first-order valence-electron chi connectivity index (χ1n) is 7.26. The van der Waals surface area contributed by atoms with Crippen LogP contribution in [0, 0.1) is 5.92 Å². The summed E-state index contributed by atoms with van der Waals surface area (Å²) < 4.78 is 5.60. The normalized spacial score (nSPS) is 22.3. The van der Waals surface area contributed by atoms with E-state index in [1.807, 2.05) is 11.8 Å². The topological polar surface area (TPSA) is 55.6 Å². The SMILES string of the molecule is CCCC(CCC)C(=O)N1CCOC(C(C)N)C1. The van der Waals surface area contributed by atoms with Crippen LogP contribution in [0.3, 0.4) is 0 Å². The molecule has 18 heavy (non-hydrogen) atoms. The number of amides is 1. The van der Waals surface area contributed by atoms with Crippen LogP contribution in [0.5, 0.6) is 0 Å². The van der Waals surface area contributed by atoms with E-state index in [1.54, 1.807) is 0 Å². The Balaban J connectivity index is 2.57. The van der Waals surface area contributed by atoms with Gasteiger partial charge in [0.15, 0.2) is 0 Å². The molecule has 0 saturated carbocycles. The van der Waals surface area contributed by atoms with Crippen LogP contribution in [0.2, 0.25) is 0 Å². The Morgan fingerprint density at radius 1 is 1.39 bits per heavy atom. The van der Waals surface area contributed by atoms with Crippen molar-refractivity contribution < 1.29 is 9.53 Å². The molecular weight excluding hydrogens is 228 g/mol. The molecule has 0 aromatic heterocycles. The molecule has 1 aliphatic heterocycles. The summed E-state index contributed by atoms with van der Waals surface area (Å²) in [7, 11) is 0. The van der Waals surface area contributed by atoms with E-state index in [0.717, 1.165) is 25.7 Å². The smallest absolute Gasteiger partial charge is 0.225 e. The van der Waals surface area contributed by atoms with Gasteiger partial charge in [0, 0.05) is 25.0 Å². The first kappa shape index (κ1) is 15.4. The molecule has 2 unspecified atom stereocenters. The van der Waals surface area contributed by atoms with Gasteiger partial charge in [-0.25, -0.2) is 0 Å². The van der Waals surface area contributed by atoms with Crippen LogP contribution in [0.1, 0.15) is 46.5 Å². The van der Waals surface area contributed by atoms with Crippen molar-refractivity contribution in [1.29, 1.82) is 0 Å². The number of nitrogens with two attached hydrogens (primary N) is 1. The van der Waals surface area contributed by atoms with E-state index >= 15 is 0 Å². The molecule has 4 nitrogen and oxygen atoms in total. The average molecular weight is 256 g/mol. The molecule has 2 atom stereocenters. The second-order valence-corrected chi connectivity index (χ2v) is 5.33. The minimum absolute atomic E-state index is 0.00777. The fourth-order valence-corrected chi connectivity index (χ4v) is 2.54. The Kier molecular flexibility index (Phi) is 6.65. The monoisotopic (exact) mass is 256 g/mol. The lowest BCUT2D eigenvalue weighted by molar-refractivity contribution is -0.144. The highest BCUT2D eigenvalue weighted by Gasteiger charge is 2.29. The van der Waals surface area contributed by atoms with Crippen molar-refractivity contribution in [3.05, 3.63) is 0 Å². The van der Waals surface area contributed by atoms with E-state index in [9.17, 15) is 4.79 Å². The Morgan fingerprint density at radius 2 is 2.00 bits per heavy atom. The molecular formula is C14H28N2O2. The van der Waals surface area contributed by atoms with Crippen molar-refractivity contribution in [2.24, 2.45) is 11.7 Å². The van der Waals surface area contributed by atoms with Gasteiger partial charge in [-0.05, 0) is 19.8 Å². The zero-order chi connectivity index (χ0) is 13.5. The molecule has 1 aliphatic rings. The van der Waals surface area contributed by atoms with Crippen LogP contribution in [0.15, 0.2) is 0 Å².